The zero-order valence-corrected chi connectivity index (χ0v) is 76.4. The van der Waals surface area contributed by atoms with E-state index in [1.54, 1.807) is 146 Å². The van der Waals surface area contributed by atoms with Gasteiger partial charge in [0, 0.05) is 97.2 Å². The van der Waals surface area contributed by atoms with E-state index in [1.165, 1.54) is 28.8 Å². The summed E-state index contributed by atoms with van der Waals surface area (Å²) in [6, 6.07) is 25.1. The summed E-state index contributed by atoms with van der Waals surface area (Å²) in [6.07, 6.45) is 3.12. The highest BCUT2D eigenvalue weighted by atomic mass is 32.2. The third-order valence-corrected chi connectivity index (χ3v) is 24.0. The number of unbranched alkanes of at least 4 members (excludes halogenated alkanes) is 1. The first kappa shape index (κ1) is 104. The number of thioether (sulfide) groups is 1. The maximum absolute atomic E-state index is 15.5. The molecule has 6 aromatic carbocycles. The number of carbonyl (C=O) groups excluding carboxylic acids is 15. The Morgan fingerprint density at radius 3 is 1.19 bits per heavy atom. The van der Waals surface area contributed by atoms with Gasteiger partial charge in [-0.15, -0.1) is 0 Å². The Morgan fingerprint density at radius 2 is 0.776 bits per heavy atom. The number of benzene rings is 6. The topological polar surface area (TPSA) is 617 Å². The van der Waals surface area contributed by atoms with Gasteiger partial charge in [0.25, 0.3) is 0 Å². The Balaban J connectivity index is 0.903. The second-order valence-corrected chi connectivity index (χ2v) is 34.3. The normalized spacial score (nSPS) is 15.3. The van der Waals surface area contributed by atoms with Crippen LogP contribution >= 0.6 is 37.0 Å². The number of nitrogens with one attached hydrogen (secondary N) is 14. The number of rotatable bonds is 54. The van der Waals surface area contributed by atoms with Crippen LogP contribution in [0.4, 0.5) is 0 Å². The van der Waals surface area contributed by atoms with Gasteiger partial charge in [0.2, 0.25) is 88.6 Å². The first-order valence-electron chi connectivity index (χ1n) is 43.9. The van der Waals surface area contributed by atoms with Crippen LogP contribution in [0, 0.1) is 0 Å². The lowest BCUT2D eigenvalue weighted by Crippen LogP contribution is -2.61. The number of amides is 15. The molecule has 0 saturated carbocycles. The van der Waals surface area contributed by atoms with Crippen molar-refractivity contribution >= 4 is 153 Å². The summed E-state index contributed by atoms with van der Waals surface area (Å²) in [5.74, 6) is -15.8. The third-order valence-electron chi connectivity index (χ3n) is 22.6. The minimum Gasteiger partial charge on any atom is -0.508 e. The van der Waals surface area contributed by atoms with Crippen molar-refractivity contribution in [2.45, 2.75) is 187 Å². The van der Waals surface area contributed by atoms with Crippen molar-refractivity contribution < 1.29 is 92.0 Å². The number of fused-ring (bicyclic) bond motifs is 2. The Morgan fingerprint density at radius 1 is 0.418 bits per heavy atom. The molecule has 1 aliphatic rings. The molecule has 8 aromatic rings. The second-order valence-electron chi connectivity index (χ2n) is 32.6. The molecular weight excluding hydrogens is 1780 g/mol. The number of aliphatic hydroxyl groups is 1. The molecule has 15 amide bonds. The molecule has 25 N–H and O–H groups in total. The minimum atomic E-state index is -1.88. The van der Waals surface area contributed by atoms with Gasteiger partial charge in [-0.05, 0) is 134 Å². The van der Waals surface area contributed by atoms with Crippen LogP contribution in [0.3, 0.4) is 0 Å². The molecule has 2 aromatic heterocycles. The van der Waals surface area contributed by atoms with Gasteiger partial charge in [0.1, 0.15) is 84.3 Å². The standard InChI is InChI=1S/C93H117N19O19S3/c1-134-41-38-68(93(130)131)103-84(121)69(43-53-18-5-2-6-19-53)105-82(119)66(34-36-78(96)115)102-90(127)75(51-132)110-83(120)67(35-37-79(97)116)101-88(125)74(50-113)109-91(128)77-29-17-40-112(77)92(129)73(45-55-22-9-4-10-23-55)108-87(124)72(47-58-49-99-64-27-14-12-25-61(58)64)107-81(118)65(28-15-16-39-94)100-89(126)76(52-133)111-85(122)70(44-54-20-7-3-8-21-54)106-86(123)71(46-57-48-98-63-26-13-11-24-60(57)63)104-80(117)62(95)42-56-30-32-59(114)33-31-56/h2-14,18-27,30-33,48-49,62,65-77,98-99,113-114,132-133H,15-17,28-29,34-47,50-52,94-95H2,1H3,(H2,96,115)(H2,97,116)(H,100,126)(H,101,125)(H,102,127)(H,103,121)(H,104,117)(H,105,119)(H,106,123)(H,107,118)(H,108,124)(H,109,128)(H,110,120)(H,111,122)(H,130,131)/t62-,65-,66-,67-,68-,69-,70-,71-,72-,73-,74-,75-,76-,77-/m0/s1. The third kappa shape index (κ3) is 31.7. The number of para-hydroxylation sites is 2. The Hall–Kier alpha value is -13.4. The number of nitrogens with zero attached hydrogens (tertiary/aromatic N) is 1. The fraction of sp³-hybridized carbons (Fsp3) is 0.398. The summed E-state index contributed by atoms with van der Waals surface area (Å²) in [5, 5.41) is 63.5. The number of carbonyl (C=O) groups is 16. The molecule has 9 rings (SSSR count). The van der Waals surface area contributed by atoms with Crippen molar-refractivity contribution in [1.29, 1.82) is 0 Å². The molecule has 0 unspecified atom stereocenters. The number of aliphatic hydroxyl groups excluding tert-OH is 1. The number of aromatic nitrogens is 2. The number of aromatic amines is 2. The minimum absolute atomic E-state index is 0.00814. The fourth-order valence-electron chi connectivity index (χ4n) is 15.3. The summed E-state index contributed by atoms with van der Waals surface area (Å²) < 4.78 is 0. The first-order valence-corrected chi connectivity index (χ1v) is 46.5. The molecule has 1 aliphatic heterocycles. The predicted octanol–water partition coefficient (Wildman–Crippen LogP) is -0.404. The zero-order valence-electron chi connectivity index (χ0n) is 73.8. The van der Waals surface area contributed by atoms with Gasteiger partial charge in [-0.1, -0.05) is 140 Å². The molecule has 1 saturated heterocycles. The van der Waals surface area contributed by atoms with Crippen molar-refractivity contribution in [2.75, 3.05) is 43.2 Å². The summed E-state index contributed by atoms with van der Waals surface area (Å²) in [5.41, 5.74) is 28.3. The van der Waals surface area contributed by atoms with Crippen LogP contribution in [-0.2, 0) is 115 Å². The number of hydrogen-bond donors (Lipinski definition) is 23. The molecule has 0 radical (unpaired) electrons. The number of H-pyrrole nitrogens is 2. The number of aromatic hydroxyl groups is 1. The number of phenolic OH excluding ortho intramolecular Hbond substituents is 1. The van der Waals surface area contributed by atoms with E-state index in [0.717, 1.165) is 10.9 Å². The molecule has 0 aliphatic carbocycles. The van der Waals surface area contributed by atoms with Gasteiger partial charge in [0.15, 0.2) is 0 Å². The molecule has 0 bridgehead atoms. The molecule has 3 heterocycles. The lowest BCUT2D eigenvalue weighted by Gasteiger charge is -2.31. The summed E-state index contributed by atoms with van der Waals surface area (Å²) in [4.78, 5) is 235. The van der Waals surface area contributed by atoms with Gasteiger partial charge in [-0.2, -0.15) is 37.0 Å². The van der Waals surface area contributed by atoms with Crippen LogP contribution in [0.1, 0.15) is 97.6 Å². The van der Waals surface area contributed by atoms with Crippen LogP contribution in [0.2, 0.25) is 0 Å². The van der Waals surface area contributed by atoms with Crippen molar-refractivity contribution in [2.24, 2.45) is 22.9 Å². The number of phenols is 1. The molecular formula is C93H117N19O19S3. The first-order chi connectivity index (χ1) is 64.4. The van der Waals surface area contributed by atoms with Gasteiger partial charge in [-0.25, -0.2) is 4.79 Å². The maximum Gasteiger partial charge on any atom is 0.326 e. The monoisotopic (exact) mass is 1900 g/mol. The van der Waals surface area contributed by atoms with E-state index in [1.807, 2.05) is 24.3 Å². The van der Waals surface area contributed by atoms with Crippen molar-refractivity contribution in [3.8, 4) is 5.75 Å². The van der Waals surface area contributed by atoms with E-state index < -0.39 is 217 Å². The zero-order chi connectivity index (χ0) is 96.9. The SMILES string of the molecule is CSCC[C@H](NC(=O)[C@H](Cc1ccccc1)NC(=O)[C@H](CCC(N)=O)NC(=O)[C@H](CS)NC(=O)[C@H](CCC(N)=O)NC(=O)[C@H](CO)NC(=O)[C@@H]1CCCN1C(=O)[C@H](Cc1ccccc1)NC(=O)[C@H](Cc1c[nH]c2ccccc12)NC(=O)[C@H](CCCCN)NC(=O)[C@H](CS)NC(=O)[C@H](Cc1ccccc1)NC(=O)[C@H](Cc1c[nH]c2ccccc12)NC(=O)[C@@H](N)Cc1ccc(O)cc1)C(=O)O. The van der Waals surface area contributed by atoms with Gasteiger partial charge in [0.05, 0.1) is 12.6 Å². The molecule has 41 heteroatoms. The molecule has 1 fully saturated rings. The van der Waals surface area contributed by atoms with E-state index >= 15 is 14.4 Å². The number of hydrogen-bond acceptors (Lipinski definition) is 23. The highest BCUT2D eigenvalue weighted by Gasteiger charge is 2.42. The van der Waals surface area contributed by atoms with Crippen LogP contribution in [0.5, 0.6) is 5.75 Å². The van der Waals surface area contributed by atoms with Crippen molar-refractivity contribution in [3.63, 3.8) is 0 Å². The molecule has 14 atom stereocenters. The van der Waals surface area contributed by atoms with Crippen LogP contribution in [-0.4, -0.2) is 253 Å². The van der Waals surface area contributed by atoms with Crippen LogP contribution in [0.15, 0.2) is 176 Å². The van der Waals surface area contributed by atoms with E-state index in [2.05, 4.69) is 99.0 Å². The van der Waals surface area contributed by atoms with E-state index in [4.69, 9.17) is 22.9 Å². The van der Waals surface area contributed by atoms with Gasteiger partial charge < -0.3 is 117 Å². The number of primary amides is 2. The lowest BCUT2D eigenvalue weighted by atomic mass is 10.0. The number of carboxylic acids is 1. The predicted molar refractivity (Wildman–Crippen MR) is 507 cm³/mol. The number of aliphatic carboxylic acids is 1. The van der Waals surface area contributed by atoms with Crippen LogP contribution < -0.4 is 86.7 Å². The number of thiol groups is 2. The van der Waals surface area contributed by atoms with E-state index in [9.17, 15) is 77.6 Å². The number of carboxylic acid groups (broad SMARTS) is 1. The number of likely N-dealkylation sites (tertiary alicyclic amines) is 1. The Bertz CT molecular complexity index is 5370. The summed E-state index contributed by atoms with van der Waals surface area (Å²) in [7, 11) is 0. The fourth-order valence-corrected chi connectivity index (χ4v) is 16.3. The van der Waals surface area contributed by atoms with Crippen molar-refractivity contribution in [3.05, 3.63) is 210 Å². The summed E-state index contributed by atoms with van der Waals surface area (Å²) >= 11 is 10.1. The smallest absolute Gasteiger partial charge is 0.326 e. The highest BCUT2D eigenvalue weighted by molar-refractivity contribution is 7.98. The van der Waals surface area contributed by atoms with E-state index in [0.29, 0.717) is 56.5 Å². The highest BCUT2D eigenvalue weighted by Crippen LogP contribution is 2.25. The molecule has 38 nitrogen and oxygen atoms in total. The van der Waals surface area contributed by atoms with Gasteiger partial charge in [-0.3, -0.25) is 71.9 Å². The van der Waals surface area contributed by atoms with Crippen LogP contribution in [0.25, 0.3) is 21.8 Å². The number of nitrogens with two attached hydrogens (primary N) is 4. The molecule has 716 valence electrons. The quantitative estimate of drug-likeness (QED) is 0.0170. The van der Waals surface area contributed by atoms with E-state index in [-0.39, 0.29) is 95.2 Å². The van der Waals surface area contributed by atoms with Crippen molar-refractivity contribution in [1.82, 2.24) is 78.7 Å². The lowest BCUT2D eigenvalue weighted by molar-refractivity contribution is -0.143. The van der Waals surface area contributed by atoms with Gasteiger partial charge >= 0.3 is 5.97 Å². The molecule has 0 spiro atoms. The maximum atomic E-state index is 15.5. The molecule has 134 heavy (non-hydrogen) atoms. The Kier molecular flexibility index (Phi) is 41.1. The summed E-state index contributed by atoms with van der Waals surface area (Å²) in [6.45, 7) is -1.02. The second kappa shape index (κ2) is 52.8. The Labute approximate surface area is 788 Å². The largest absolute Gasteiger partial charge is 0.508 e. The average molecular weight is 1900 g/mol. The average Bonchev–Trinajstić information content (AvgIpc) is 1.63.